The summed E-state index contributed by atoms with van der Waals surface area (Å²) < 4.78 is 0. The zero-order valence-corrected chi connectivity index (χ0v) is 16.1. The number of anilines is 1. The van der Waals surface area contributed by atoms with Crippen LogP contribution in [-0.4, -0.2) is 53.8 Å². The standard InChI is InChI=1S/C17H27N5O3S/c1-11(2)15(24)21-17-20-13(10-26-17)8-14(23)22-7-3-4-12(9-22)16(25)19-6-5-18/h10-12H,3-9,18H2,1-2H3,(H,19,25)(H,20,21,24). The van der Waals surface area contributed by atoms with Gasteiger partial charge in [0.25, 0.3) is 0 Å². The van der Waals surface area contributed by atoms with Gasteiger partial charge in [0.1, 0.15) is 0 Å². The second-order valence-corrected chi connectivity index (χ2v) is 7.58. The molecule has 1 fully saturated rings. The van der Waals surface area contributed by atoms with Crippen LogP contribution in [0.15, 0.2) is 5.38 Å². The highest BCUT2D eigenvalue weighted by Gasteiger charge is 2.28. The number of nitrogens with one attached hydrogen (secondary N) is 2. The highest BCUT2D eigenvalue weighted by Crippen LogP contribution is 2.20. The second-order valence-electron chi connectivity index (χ2n) is 6.72. The number of likely N-dealkylation sites (tertiary alicyclic amines) is 1. The highest BCUT2D eigenvalue weighted by atomic mass is 32.1. The Labute approximate surface area is 157 Å². The van der Waals surface area contributed by atoms with Crippen molar-refractivity contribution in [1.82, 2.24) is 15.2 Å². The molecule has 8 nitrogen and oxygen atoms in total. The molecule has 1 aliphatic rings. The van der Waals surface area contributed by atoms with Crippen LogP contribution in [0.2, 0.25) is 0 Å². The van der Waals surface area contributed by atoms with Crippen LogP contribution in [0.25, 0.3) is 0 Å². The van der Waals surface area contributed by atoms with Crippen molar-refractivity contribution >= 4 is 34.2 Å². The van der Waals surface area contributed by atoms with Crippen LogP contribution in [0.4, 0.5) is 5.13 Å². The largest absolute Gasteiger partial charge is 0.355 e. The molecule has 1 unspecified atom stereocenters. The number of nitrogens with zero attached hydrogens (tertiary/aromatic N) is 2. The number of thiazole rings is 1. The molecule has 0 spiro atoms. The summed E-state index contributed by atoms with van der Waals surface area (Å²) in [6, 6.07) is 0. The molecule has 1 aliphatic heterocycles. The highest BCUT2D eigenvalue weighted by molar-refractivity contribution is 7.13. The van der Waals surface area contributed by atoms with E-state index < -0.39 is 0 Å². The number of hydrogen-bond donors (Lipinski definition) is 3. The molecule has 144 valence electrons. The fourth-order valence-electron chi connectivity index (χ4n) is 2.72. The van der Waals surface area contributed by atoms with Gasteiger partial charge in [0, 0.05) is 37.5 Å². The van der Waals surface area contributed by atoms with E-state index in [2.05, 4.69) is 15.6 Å². The lowest BCUT2D eigenvalue weighted by atomic mass is 9.97. The van der Waals surface area contributed by atoms with Gasteiger partial charge in [0.05, 0.1) is 18.0 Å². The van der Waals surface area contributed by atoms with Crippen molar-refractivity contribution in [1.29, 1.82) is 0 Å². The molecule has 0 radical (unpaired) electrons. The van der Waals surface area contributed by atoms with Crippen LogP contribution in [-0.2, 0) is 20.8 Å². The number of amides is 3. The van der Waals surface area contributed by atoms with E-state index in [1.807, 2.05) is 13.8 Å². The zero-order valence-electron chi connectivity index (χ0n) is 15.3. The Bertz CT molecular complexity index is 646. The summed E-state index contributed by atoms with van der Waals surface area (Å²) in [7, 11) is 0. The molecule has 4 N–H and O–H groups in total. The van der Waals surface area contributed by atoms with Crippen molar-refractivity contribution in [2.75, 3.05) is 31.5 Å². The van der Waals surface area contributed by atoms with Gasteiger partial charge in [-0.05, 0) is 12.8 Å². The van der Waals surface area contributed by atoms with E-state index in [0.717, 1.165) is 12.8 Å². The lowest BCUT2D eigenvalue weighted by Crippen LogP contribution is -2.46. The number of piperidine rings is 1. The SMILES string of the molecule is CC(C)C(=O)Nc1nc(CC(=O)N2CCCC(C(=O)NCCN)C2)cs1. The smallest absolute Gasteiger partial charge is 0.228 e. The number of hydrogen-bond acceptors (Lipinski definition) is 6. The molecule has 9 heteroatoms. The summed E-state index contributed by atoms with van der Waals surface area (Å²) in [6.45, 7) is 5.55. The molecule has 0 saturated carbocycles. The molecule has 2 rings (SSSR count). The molecule has 0 aromatic carbocycles. The van der Waals surface area contributed by atoms with Crippen molar-refractivity contribution < 1.29 is 14.4 Å². The fourth-order valence-corrected chi connectivity index (χ4v) is 3.43. The first-order valence-corrected chi connectivity index (χ1v) is 9.79. The number of aromatic nitrogens is 1. The predicted molar refractivity (Wildman–Crippen MR) is 101 cm³/mol. The van der Waals surface area contributed by atoms with E-state index in [1.165, 1.54) is 11.3 Å². The van der Waals surface area contributed by atoms with Gasteiger partial charge < -0.3 is 21.3 Å². The van der Waals surface area contributed by atoms with E-state index in [1.54, 1.807) is 10.3 Å². The molecule has 1 aromatic rings. The van der Waals surface area contributed by atoms with Crippen LogP contribution in [0.3, 0.4) is 0 Å². The lowest BCUT2D eigenvalue weighted by molar-refractivity contribution is -0.135. The third-order valence-electron chi connectivity index (χ3n) is 4.23. The monoisotopic (exact) mass is 381 g/mol. The van der Waals surface area contributed by atoms with E-state index in [4.69, 9.17) is 5.73 Å². The van der Waals surface area contributed by atoms with Crippen molar-refractivity contribution in [3.63, 3.8) is 0 Å². The van der Waals surface area contributed by atoms with Gasteiger partial charge >= 0.3 is 0 Å². The number of carbonyl (C=O) groups excluding carboxylic acids is 3. The van der Waals surface area contributed by atoms with Gasteiger partial charge in [-0.2, -0.15) is 0 Å². The molecule has 26 heavy (non-hydrogen) atoms. The third-order valence-corrected chi connectivity index (χ3v) is 5.03. The molecule has 1 aromatic heterocycles. The molecular weight excluding hydrogens is 354 g/mol. The van der Waals surface area contributed by atoms with Crippen molar-refractivity contribution in [3.8, 4) is 0 Å². The van der Waals surface area contributed by atoms with Crippen LogP contribution in [0, 0.1) is 11.8 Å². The first kappa shape index (κ1) is 20.3. The molecule has 2 heterocycles. The average Bonchev–Trinajstić information content (AvgIpc) is 3.06. The zero-order chi connectivity index (χ0) is 19.1. The average molecular weight is 382 g/mol. The maximum absolute atomic E-state index is 12.5. The Kier molecular flexibility index (Phi) is 7.52. The maximum atomic E-state index is 12.5. The Hall–Kier alpha value is -2.00. The summed E-state index contributed by atoms with van der Waals surface area (Å²) in [5.74, 6) is -0.497. The number of carbonyl (C=O) groups is 3. The predicted octanol–water partition coefficient (Wildman–Crippen LogP) is 0.594. The van der Waals surface area contributed by atoms with Crippen LogP contribution in [0.1, 0.15) is 32.4 Å². The first-order valence-electron chi connectivity index (χ1n) is 8.91. The molecule has 0 bridgehead atoms. The molecule has 1 atom stereocenters. The molecular formula is C17H27N5O3S. The van der Waals surface area contributed by atoms with Crippen molar-refractivity contribution in [3.05, 3.63) is 11.1 Å². The first-order chi connectivity index (χ1) is 12.4. The minimum Gasteiger partial charge on any atom is -0.355 e. The second kappa shape index (κ2) is 9.63. The van der Waals surface area contributed by atoms with Crippen molar-refractivity contribution in [2.24, 2.45) is 17.6 Å². The molecule has 1 saturated heterocycles. The number of rotatable bonds is 7. The maximum Gasteiger partial charge on any atom is 0.228 e. The summed E-state index contributed by atoms with van der Waals surface area (Å²) in [6.07, 6.45) is 1.76. The summed E-state index contributed by atoms with van der Waals surface area (Å²) in [5.41, 5.74) is 6.04. The molecule has 0 aliphatic carbocycles. The van der Waals surface area contributed by atoms with E-state index in [0.29, 0.717) is 37.0 Å². The van der Waals surface area contributed by atoms with Gasteiger partial charge in [0.15, 0.2) is 5.13 Å². The van der Waals surface area contributed by atoms with E-state index in [9.17, 15) is 14.4 Å². The third kappa shape index (κ3) is 5.77. The minimum atomic E-state index is -0.185. The topological polar surface area (TPSA) is 117 Å². The summed E-state index contributed by atoms with van der Waals surface area (Å²) >= 11 is 1.31. The van der Waals surface area contributed by atoms with Gasteiger partial charge in [-0.25, -0.2) is 4.98 Å². The van der Waals surface area contributed by atoms with Gasteiger partial charge in [0.2, 0.25) is 17.7 Å². The quantitative estimate of drug-likeness (QED) is 0.639. The van der Waals surface area contributed by atoms with Crippen LogP contribution < -0.4 is 16.4 Å². The summed E-state index contributed by atoms with van der Waals surface area (Å²) in [5, 5.41) is 7.81. The van der Waals surface area contributed by atoms with E-state index >= 15 is 0 Å². The normalized spacial score (nSPS) is 17.2. The van der Waals surface area contributed by atoms with Crippen LogP contribution >= 0.6 is 11.3 Å². The lowest BCUT2D eigenvalue weighted by Gasteiger charge is -2.32. The Morgan fingerprint density at radius 2 is 2.19 bits per heavy atom. The Balaban J connectivity index is 1.88. The van der Waals surface area contributed by atoms with Crippen LogP contribution in [0.5, 0.6) is 0 Å². The van der Waals surface area contributed by atoms with Gasteiger partial charge in [-0.1, -0.05) is 13.8 Å². The Morgan fingerprint density at radius 1 is 1.42 bits per heavy atom. The molecule has 3 amide bonds. The Morgan fingerprint density at radius 3 is 2.88 bits per heavy atom. The number of nitrogens with two attached hydrogens (primary N) is 1. The fraction of sp³-hybridized carbons (Fsp3) is 0.647. The minimum absolute atomic E-state index is 0.0414. The van der Waals surface area contributed by atoms with Gasteiger partial charge in [-0.15, -0.1) is 11.3 Å². The van der Waals surface area contributed by atoms with E-state index in [-0.39, 0.29) is 36.0 Å². The van der Waals surface area contributed by atoms with Gasteiger partial charge in [-0.3, -0.25) is 14.4 Å². The summed E-state index contributed by atoms with van der Waals surface area (Å²) in [4.78, 5) is 42.4. The van der Waals surface area contributed by atoms with Crippen molar-refractivity contribution in [2.45, 2.75) is 33.1 Å².